The summed E-state index contributed by atoms with van der Waals surface area (Å²) in [5.74, 6) is 0.184. The Kier molecular flexibility index (Phi) is 3.51. The molecule has 1 amide bonds. The first-order chi connectivity index (χ1) is 9.45. The van der Waals surface area contributed by atoms with E-state index >= 15 is 0 Å². The monoisotopic (exact) mass is 316 g/mol. The highest BCUT2D eigenvalue weighted by atomic mass is 32.2. The molecular weight excluding hydrogens is 300 g/mol. The number of nitrogens with zero attached hydrogens (tertiary/aromatic N) is 3. The largest absolute Gasteiger partial charge is 0.299 e. The van der Waals surface area contributed by atoms with E-state index in [1.807, 2.05) is 0 Å². The van der Waals surface area contributed by atoms with Crippen LogP contribution in [0.2, 0.25) is 0 Å². The van der Waals surface area contributed by atoms with Crippen molar-refractivity contribution in [2.45, 2.75) is 37.6 Å². The average Bonchev–Trinajstić information content (AvgIpc) is 2.91. The van der Waals surface area contributed by atoms with Crippen molar-refractivity contribution in [2.24, 2.45) is 0 Å². The third kappa shape index (κ3) is 2.84. The van der Waals surface area contributed by atoms with Gasteiger partial charge >= 0.3 is 0 Å². The van der Waals surface area contributed by atoms with E-state index in [2.05, 4.69) is 15.5 Å². The van der Waals surface area contributed by atoms with Crippen molar-refractivity contribution in [1.29, 1.82) is 0 Å². The number of hydrogen-bond acceptors (Lipinski definition) is 6. The van der Waals surface area contributed by atoms with Crippen LogP contribution in [0.5, 0.6) is 0 Å². The zero-order valence-corrected chi connectivity index (χ0v) is 12.7. The molecule has 1 N–H and O–H groups in total. The van der Waals surface area contributed by atoms with Crippen LogP contribution in [-0.2, 0) is 14.8 Å². The SMILES string of the molecule is CS(=O)(=O)N1CCC[C@@H]1C(=O)Nc1nnc(C2CC2)s1. The molecule has 2 fully saturated rings. The van der Waals surface area contributed by atoms with Gasteiger partial charge < -0.3 is 0 Å². The van der Waals surface area contributed by atoms with Crippen LogP contribution in [0.15, 0.2) is 0 Å². The number of sulfonamides is 1. The molecule has 0 aromatic carbocycles. The molecule has 1 saturated heterocycles. The van der Waals surface area contributed by atoms with Gasteiger partial charge in [-0.3, -0.25) is 10.1 Å². The Morgan fingerprint density at radius 1 is 1.35 bits per heavy atom. The van der Waals surface area contributed by atoms with Crippen molar-refractivity contribution >= 4 is 32.4 Å². The minimum atomic E-state index is -3.35. The number of rotatable bonds is 4. The van der Waals surface area contributed by atoms with Gasteiger partial charge in [0.15, 0.2) is 0 Å². The van der Waals surface area contributed by atoms with Gasteiger partial charge in [-0.1, -0.05) is 11.3 Å². The first kappa shape index (κ1) is 13.9. The molecule has 110 valence electrons. The van der Waals surface area contributed by atoms with Crippen LogP contribution < -0.4 is 5.32 Å². The second-order valence-corrected chi connectivity index (χ2v) is 8.18. The smallest absolute Gasteiger partial charge is 0.244 e. The van der Waals surface area contributed by atoms with Gasteiger partial charge in [-0.05, 0) is 25.7 Å². The van der Waals surface area contributed by atoms with E-state index < -0.39 is 16.1 Å². The van der Waals surface area contributed by atoms with Crippen LogP contribution in [0.25, 0.3) is 0 Å². The first-order valence-corrected chi connectivity index (χ1v) is 9.23. The van der Waals surface area contributed by atoms with E-state index in [0.29, 0.717) is 30.4 Å². The second-order valence-electron chi connectivity index (χ2n) is 5.24. The van der Waals surface area contributed by atoms with Gasteiger partial charge in [0.1, 0.15) is 11.0 Å². The van der Waals surface area contributed by atoms with Crippen molar-refractivity contribution < 1.29 is 13.2 Å². The lowest BCUT2D eigenvalue weighted by atomic mass is 10.2. The molecule has 1 aromatic rings. The Labute approximate surface area is 121 Å². The minimum absolute atomic E-state index is 0.313. The van der Waals surface area contributed by atoms with E-state index in [4.69, 9.17) is 0 Å². The molecule has 0 unspecified atom stereocenters. The van der Waals surface area contributed by atoms with Gasteiger partial charge in [0, 0.05) is 12.5 Å². The number of amides is 1. The summed E-state index contributed by atoms with van der Waals surface area (Å²) in [4.78, 5) is 12.2. The fraction of sp³-hybridized carbons (Fsp3) is 0.727. The molecule has 9 heteroatoms. The molecule has 20 heavy (non-hydrogen) atoms. The molecule has 0 radical (unpaired) electrons. The summed E-state index contributed by atoms with van der Waals surface area (Å²) < 4.78 is 24.5. The molecule has 1 aliphatic heterocycles. The standard InChI is InChI=1S/C11H16N4O3S2/c1-20(17,18)15-6-2-3-8(15)9(16)12-11-14-13-10(19-11)7-4-5-7/h7-8H,2-6H2,1H3,(H,12,14,16)/t8-/m1/s1. The molecule has 1 atom stereocenters. The quantitative estimate of drug-likeness (QED) is 0.886. The van der Waals surface area contributed by atoms with Crippen LogP contribution in [-0.4, -0.2) is 47.7 Å². The minimum Gasteiger partial charge on any atom is -0.299 e. The van der Waals surface area contributed by atoms with Crippen molar-refractivity contribution in [2.75, 3.05) is 18.1 Å². The van der Waals surface area contributed by atoms with Crippen molar-refractivity contribution in [3.63, 3.8) is 0 Å². The molecular formula is C11H16N4O3S2. The maximum atomic E-state index is 12.2. The summed E-state index contributed by atoms with van der Waals surface area (Å²) in [5.41, 5.74) is 0. The molecule has 1 aromatic heterocycles. The summed E-state index contributed by atoms with van der Waals surface area (Å²) in [6.07, 6.45) is 4.65. The Bertz CT molecular complexity index is 623. The lowest BCUT2D eigenvalue weighted by Gasteiger charge is -2.20. The fourth-order valence-corrected chi connectivity index (χ4v) is 4.41. The Morgan fingerprint density at radius 3 is 2.75 bits per heavy atom. The van der Waals surface area contributed by atoms with Gasteiger partial charge in [-0.25, -0.2) is 8.42 Å². The Balaban J connectivity index is 1.68. The number of aromatic nitrogens is 2. The molecule has 1 aliphatic carbocycles. The summed E-state index contributed by atoms with van der Waals surface area (Å²) >= 11 is 1.38. The fourth-order valence-electron chi connectivity index (χ4n) is 2.37. The van der Waals surface area contributed by atoms with Crippen LogP contribution in [0.4, 0.5) is 5.13 Å². The normalized spacial score (nSPS) is 23.9. The highest BCUT2D eigenvalue weighted by molar-refractivity contribution is 7.88. The molecule has 7 nitrogen and oxygen atoms in total. The summed E-state index contributed by atoms with van der Waals surface area (Å²) in [7, 11) is -3.35. The summed E-state index contributed by atoms with van der Waals surface area (Å²) in [6.45, 7) is 0.403. The third-order valence-corrected chi connectivity index (χ3v) is 5.82. The number of carbonyl (C=O) groups excluding carboxylic acids is 1. The number of carbonyl (C=O) groups is 1. The number of nitrogens with one attached hydrogen (secondary N) is 1. The van der Waals surface area contributed by atoms with Gasteiger partial charge in [-0.2, -0.15) is 4.31 Å². The maximum absolute atomic E-state index is 12.2. The van der Waals surface area contributed by atoms with Crippen LogP contribution in [0.1, 0.15) is 36.6 Å². The van der Waals surface area contributed by atoms with E-state index in [-0.39, 0.29) is 5.91 Å². The Hall–Kier alpha value is -1.06. The van der Waals surface area contributed by atoms with E-state index in [9.17, 15) is 13.2 Å². The van der Waals surface area contributed by atoms with Gasteiger partial charge in [0.2, 0.25) is 21.1 Å². The predicted octanol–water partition coefficient (Wildman–Crippen LogP) is 0.778. The second kappa shape index (κ2) is 5.05. The lowest BCUT2D eigenvalue weighted by Crippen LogP contribution is -2.42. The molecule has 3 rings (SSSR count). The lowest BCUT2D eigenvalue weighted by molar-refractivity contribution is -0.119. The molecule has 2 aliphatic rings. The molecule has 0 bridgehead atoms. The van der Waals surface area contributed by atoms with Crippen LogP contribution in [0.3, 0.4) is 0 Å². The third-order valence-electron chi connectivity index (χ3n) is 3.53. The predicted molar refractivity (Wildman–Crippen MR) is 75.1 cm³/mol. The number of hydrogen-bond donors (Lipinski definition) is 1. The Morgan fingerprint density at radius 2 is 2.10 bits per heavy atom. The van der Waals surface area contributed by atoms with Crippen LogP contribution in [0, 0.1) is 0 Å². The molecule has 1 saturated carbocycles. The van der Waals surface area contributed by atoms with Crippen molar-refractivity contribution in [1.82, 2.24) is 14.5 Å². The van der Waals surface area contributed by atoms with E-state index in [1.165, 1.54) is 15.6 Å². The van der Waals surface area contributed by atoms with Crippen molar-refractivity contribution in [3.8, 4) is 0 Å². The maximum Gasteiger partial charge on any atom is 0.244 e. The zero-order valence-electron chi connectivity index (χ0n) is 11.1. The van der Waals surface area contributed by atoms with Gasteiger partial charge in [0.05, 0.1) is 6.26 Å². The molecule has 2 heterocycles. The van der Waals surface area contributed by atoms with E-state index in [1.54, 1.807) is 0 Å². The molecule has 0 spiro atoms. The topological polar surface area (TPSA) is 92.3 Å². The van der Waals surface area contributed by atoms with Crippen molar-refractivity contribution in [3.05, 3.63) is 5.01 Å². The first-order valence-electron chi connectivity index (χ1n) is 6.56. The van der Waals surface area contributed by atoms with E-state index in [0.717, 1.165) is 24.1 Å². The highest BCUT2D eigenvalue weighted by Crippen LogP contribution is 2.42. The van der Waals surface area contributed by atoms with Gasteiger partial charge in [0.25, 0.3) is 0 Å². The van der Waals surface area contributed by atoms with Crippen LogP contribution >= 0.6 is 11.3 Å². The summed E-state index contributed by atoms with van der Waals surface area (Å²) in [6, 6.07) is -0.627. The van der Waals surface area contributed by atoms with Gasteiger partial charge in [-0.15, -0.1) is 10.2 Å². The summed E-state index contributed by atoms with van der Waals surface area (Å²) in [5, 5.41) is 12.1. The number of anilines is 1. The highest BCUT2D eigenvalue weighted by Gasteiger charge is 2.37. The zero-order chi connectivity index (χ0) is 14.3. The average molecular weight is 316 g/mol.